The molecule has 2 heterocycles. The second-order valence-corrected chi connectivity index (χ2v) is 5.51. The Morgan fingerprint density at radius 1 is 1.40 bits per heavy atom. The first-order valence-electron chi connectivity index (χ1n) is 5.14. The van der Waals surface area contributed by atoms with E-state index in [4.69, 9.17) is 0 Å². The molecule has 0 saturated carbocycles. The summed E-state index contributed by atoms with van der Waals surface area (Å²) in [6, 6.07) is 2.35. The van der Waals surface area contributed by atoms with Gasteiger partial charge >= 0.3 is 0 Å². The van der Waals surface area contributed by atoms with Crippen LogP contribution in [-0.2, 0) is 11.2 Å². The zero-order valence-electron chi connectivity index (χ0n) is 8.77. The first-order valence-corrected chi connectivity index (χ1v) is 6.63. The normalized spacial score (nSPS) is 26.3. The first kappa shape index (κ1) is 10.7. The van der Waals surface area contributed by atoms with E-state index in [-0.39, 0.29) is 0 Å². The Morgan fingerprint density at radius 2 is 2.13 bits per heavy atom. The lowest BCUT2D eigenvalue weighted by Crippen LogP contribution is -2.32. The van der Waals surface area contributed by atoms with Crippen LogP contribution in [0.25, 0.3) is 0 Å². The summed E-state index contributed by atoms with van der Waals surface area (Å²) in [5.41, 5.74) is 0.965. The molecule has 1 fully saturated rings. The first-order chi connectivity index (χ1) is 7.24. The van der Waals surface area contributed by atoms with Crippen LogP contribution in [0.1, 0.15) is 18.5 Å². The van der Waals surface area contributed by atoms with Crippen LogP contribution in [0.5, 0.6) is 0 Å². The quantitative estimate of drug-likeness (QED) is 0.766. The largest absolute Gasteiger partial charge is 0.616 e. The van der Waals surface area contributed by atoms with Crippen molar-refractivity contribution in [2.45, 2.75) is 25.8 Å². The van der Waals surface area contributed by atoms with Gasteiger partial charge in [-0.05, 0) is 6.92 Å². The van der Waals surface area contributed by atoms with Crippen molar-refractivity contribution in [3.63, 3.8) is 0 Å². The second-order valence-electron chi connectivity index (χ2n) is 3.81. The molecular formula is C10H15N3OS. The van der Waals surface area contributed by atoms with Crippen LogP contribution < -0.4 is 5.32 Å². The van der Waals surface area contributed by atoms with Crippen LogP contribution in [0.3, 0.4) is 0 Å². The molecule has 2 rings (SSSR count). The second kappa shape index (κ2) is 4.81. The fourth-order valence-corrected chi connectivity index (χ4v) is 2.98. The Hall–Kier alpha value is -0.810. The van der Waals surface area contributed by atoms with Crippen molar-refractivity contribution in [3.05, 3.63) is 18.1 Å². The Balaban J connectivity index is 1.92. The van der Waals surface area contributed by atoms with E-state index in [2.05, 4.69) is 15.3 Å². The van der Waals surface area contributed by atoms with E-state index >= 15 is 0 Å². The van der Waals surface area contributed by atoms with Gasteiger partial charge < -0.3 is 9.87 Å². The third-order valence-corrected chi connectivity index (χ3v) is 3.93. The smallest absolute Gasteiger partial charge is 0.129 e. The molecule has 4 nitrogen and oxygen atoms in total. The summed E-state index contributed by atoms with van der Waals surface area (Å²) in [6.45, 7) is 1.95. The summed E-state index contributed by atoms with van der Waals surface area (Å²) >= 11 is -0.596. The minimum atomic E-state index is -0.596. The van der Waals surface area contributed by atoms with Crippen molar-refractivity contribution in [3.8, 4) is 0 Å². The zero-order valence-corrected chi connectivity index (χ0v) is 9.59. The summed E-state index contributed by atoms with van der Waals surface area (Å²) in [6.07, 6.45) is 3.50. The van der Waals surface area contributed by atoms with Gasteiger partial charge in [-0.25, -0.2) is 9.97 Å². The highest BCUT2D eigenvalue weighted by Gasteiger charge is 2.21. The minimum absolute atomic E-state index is 0.414. The van der Waals surface area contributed by atoms with Gasteiger partial charge in [0.05, 0.1) is 0 Å². The Labute approximate surface area is 92.7 Å². The molecule has 1 aliphatic heterocycles. The van der Waals surface area contributed by atoms with Gasteiger partial charge in [0, 0.05) is 30.6 Å². The molecule has 0 atom stereocenters. The van der Waals surface area contributed by atoms with Crippen molar-refractivity contribution < 1.29 is 4.55 Å². The number of nitrogens with one attached hydrogen (secondary N) is 1. The van der Waals surface area contributed by atoms with Gasteiger partial charge in [0.15, 0.2) is 0 Å². The van der Waals surface area contributed by atoms with Gasteiger partial charge in [0.25, 0.3) is 0 Å². The molecule has 1 aromatic heterocycles. The lowest BCUT2D eigenvalue weighted by atomic mass is 10.1. The maximum atomic E-state index is 11.2. The molecule has 15 heavy (non-hydrogen) atoms. The Morgan fingerprint density at radius 3 is 2.80 bits per heavy atom. The van der Waals surface area contributed by atoms with E-state index in [0.29, 0.717) is 6.04 Å². The molecule has 82 valence electrons. The maximum Gasteiger partial charge on any atom is 0.129 e. The molecule has 0 bridgehead atoms. The van der Waals surface area contributed by atoms with E-state index in [0.717, 1.165) is 35.9 Å². The summed E-state index contributed by atoms with van der Waals surface area (Å²) < 4.78 is 11.2. The maximum absolute atomic E-state index is 11.2. The van der Waals surface area contributed by atoms with E-state index < -0.39 is 11.2 Å². The predicted molar refractivity (Wildman–Crippen MR) is 61.3 cm³/mol. The third-order valence-electron chi connectivity index (χ3n) is 2.54. The van der Waals surface area contributed by atoms with E-state index in [1.165, 1.54) is 0 Å². The molecule has 0 spiro atoms. The van der Waals surface area contributed by atoms with Crippen LogP contribution in [-0.4, -0.2) is 32.1 Å². The van der Waals surface area contributed by atoms with Crippen molar-refractivity contribution in [1.82, 2.24) is 9.97 Å². The molecule has 1 saturated heterocycles. The average molecular weight is 225 g/mol. The fourth-order valence-electron chi connectivity index (χ4n) is 1.68. The Bertz CT molecular complexity index is 326. The lowest BCUT2D eigenvalue weighted by Gasteiger charge is -2.25. The molecule has 0 amide bonds. The van der Waals surface area contributed by atoms with Gasteiger partial charge in [0.1, 0.15) is 23.7 Å². The topological polar surface area (TPSA) is 60.9 Å². The SMILES string of the molecule is Cc1cc(NC2CC[S+]([O-])CC2)ncn1. The highest BCUT2D eigenvalue weighted by atomic mass is 32.2. The van der Waals surface area contributed by atoms with Crippen molar-refractivity contribution in [2.75, 3.05) is 16.8 Å². The summed E-state index contributed by atoms with van der Waals surface area (Å²) in [5.74, 6) is 2.49. The predicted octanol–water partition coefficient (Wildman–Crippen LogP) is 1.11. The monoisotopic (exact) mass is 225 g/mol. The molecule has 0 unspecified atom stereocenters. The molecule has 1 aliphatic rings. The highest BCUT2D eigenvalue weighted by molar-refractivity contribution is 7.91. The van der Waals surface area contributed by atoms with Crippen LogP contribution in [0.4, 0.5) is 5.82 Å². The van der Waals surface area contributed by atoms with Gasteiger partial charge in [0.2, 0.25) is 0 Å². The van der Waals surface area contributed by atoms with Crippen LogP contribution in [0.2, 0.25) is 0 Å². The van der Waals surface area contributed by atoms with Crippen LogP contribution in [0.15, 0.2) is 12.4 Å². The number of anilines is 1. The van der Waals surface area contributed by atoms with Gasteiger partial charge in [-0.2, -0.15) is 0 Å². The fraction of sp³-hybridized carbons (Fsp3) is 0.600. The van der Waals surface area contributed by atoms with Gasteiger partial charge in [-0.15, -0.1) is 0 Å². The minimum Gasteiger partial charge on any atom is -0.616 e. The molecule has 0 aromatic carbocycles. The average Bonchev–Trinajstić information content (AvgIpc) is 2.22. The Kier molecular flexibility index (Phi) is 3.43. The number of hydrogen-bond donors (Lipinski definition) is 1. The third kappa shape index (κ3) is 3.07. The summed E-state index contributed by atoms with van der Waals surface area (Å²) in [5, 5.41) is 3.36. The molecule has 5 heteroatoms. The van der Waals surface area contributed by atoms with E-state index in [1.807, 2.05) is 13.0 Å². The van der Waals surface area contributed by atoms with Gasteiger partial charge in [-0.1, -0.05) is 11.2 Å². The standard InChI is InChI=1S/C10H15N3OS/c1-8-6-10(12-7-11-8)13-9-2-4-15(14)5-3-9/h6-7,9H,2-5H2,1H3,(H,11,12,13). The number of hydrogen-bond acceptors (Lipinski definition) is 4. The van der Waals surface area contributed by atoms with Crippen LogP contribution in [0, 0.1) is 6.92 Å². The van der Waals surface area contributed by atoms with E-state index in [1.54, 1.807) is 6.33 Å². The zero-order chi connectivity index (χ0) is 10.7. The molecular weight excluding hydrogens is 210 g/mol. The molecule has 1 N–H and O–H groups in total. The van der Waals surface area contributed by atoms with Crippen LogP contribution >= 0.6 is 0 Å². The number of rotatable bonds is 2. The molecule has 0 aliphatic carbocycles. The van der Waals surface area contributed by atoms with Crippen molar-refractivity contribution >= 4 is 17.0 Å². The highest BCUT2D eigenvalue weighted by Crippen LogP contribution is 2.16. The molecule has 0 radical (unpaired) electrons. The van der Waals surface area contributed by atoms with E-state index in [9.17, 15) is 4.55 Å². The molecule has 1 aromatic rings. The summed E-state index contributed by atoms with van der Waals surface area (Å²) in [4.78, 5) is 8.20. The lowest BCUT2D eigenvalue weighted by molar-refractivity contribution is 0.558. The number of nitrogens with zero attached hydrogens (tertiary/aromatic N) is 2. The number of aryl methyl sites for hydroxylation is 1. The number of aromatic nitrogens is 2. The summed E-state index contributed by atoms with van der Waals surface area (Å²) in [7, 11) is 0. The van der Waals surface area contributed by atoms with Crippen molar-refractivity contribution in [1.29, 1.82) is 0 Å². The van der Waals surface area contributed by atoms with Gasteiger partial charge in [-0.3, -0.25) is 0 Å². The van der Waals surface area contributed by atoms with Crippen molar-refractivity contribution in [2.24, 2.45) is 0 Å².